The summed E-state index contributed by atoms with van der Waals surface area (Å²) in [6.45, 7) is 12.2. The van der Waals surface area contributed by atoms with Gasteiger partial charge in [-0.25, -0.2) is 0 Å². The molecular formula is C14H28O4. The number of ether oxygens (including phenoxy) is 2. The molecule has 1 saturated heterocycles. The molecule has 4 nitrogen and oxygen atoms in total. The summed E-state index contributed by atoms with van der Waals surface area (Å²) in [5, 5.41) is 20.4. The molecule has 0 saturated carbocycles. The highest BCUT2D eigenvalue weighted by Crippen LogP contribution is 2.34. The second-order valence-corrected chi connectivity index (χ2v) is 6.85. The van der Waals surface area contributed by atoms with Crippen LogP contribution in [0.1, 0.15) is 48.0 Å². The van der Waals surface area contributed by atoms with Gasteiger partial charge in [-0.05, 0) is 32.6 Å². The van der Waals surface area contributed by atoms with Crippen molar-refractivity contribution in [2.45, 2.75) is 78.0 Å². The van der Waals surface area contributed by atoms with Crippen molar-refractivity contribution in [3.63, 3.8) is 0 Å². The minimum atomic E-state index is -0.902. The van der Waals surface area contributed by atoms with Crippen molar-refractivity contribution in [2.75, 3.05) is 6.61 Å². The van der Waals surface area contributed by atoms with Crippen LogP contribution in [0.2, 0.25) is 0 Å². The zero-order chi connectivity index (χ0) is 14.1. The maximum atomic E-state index is 10.2. The average Bonchev–Trinajstić information content (AvgIpc) is 2.23. The molecule has 1 aliphatic rings. The molecule has 1 fully saturated rings. The van der Waals surface area contributed by atoms with Crippen LogP contribution >= 0.6 is 0 Å². The molecule has 0 amide bonds. The third-order valence-corrected chi connectivity index (χ3v) is 3.67. The number of hydrogen-bond acceptors (Lipinski definition) is 4. The van der Waals surface area contributed by atoms with E-state index in [1.165, 1.54) is 0 Å². The van der Waals surface area contributed by atoms with Crippen LogP contribution in [0.4, 0.5) is 0 Å². The van der Waals surface area contributed by atoms with Crippen molar-refractivity contribution in [1.29, 1.82) is 0 Å². The Morgan fingerprint density at radius 1 is 1.11 bits per heavy atom. The second-order valence-electron chi connectivity index (χ2n) is 6.85. The predicted molar refractivity (Wildman–Crippen MR) is 70.5 cm³/mol. The summed E-state index contributed by atoms with van der Waals surface area (Å²) in [5.74, 6) is 0. The lowest BCUT2D eigenvalue weighted by Crippen LogP contribution is -2.59. The number of aliphatic hydroxyl groups is 2. The SMILES string of the molecule is CCC(C)(C)C1OCC(OC(C)(C)C)C(O)C1O. The quantitative estimate of drug-likeness (QED) is 0.811. The van der Waals surface area contributed by atoms with E-state index in [1.54, 1.807) is 0 Å². The van der Waals surface area contributed by atoms with E-state index in [0.717, 1.165) is 6.42 Å². The molecule has 1 aliphatic heterocycles. The van der Waals surface area contributed by atoms with Crippen LogP contribution in [0.5, 0.6) is 0 Å². The van der Waals surface area contributed by atoms with Gasteiger partial charge >= 0.3 is 0 Å². The van der Waals surface area contributed by atoms with Crippen molar-refractivity contribution in [1.82, 2.24) is 0 Å². The molecule has 0 aromatic carbocycles. The van der Waals surface area contributed by atoms with Gasteiger partial charge in [-0.3, -0.25) is 0 Å². The molecule has 18 heavy (non-hydrogen) atoms. The Kier molecular flexibility index (Phi) is 4.81. The molecule has 108 valence electrons. The van der Waals surface area contributed by atoms with Crippen LogP contribution < -0.4 is 0 Å². The fourth-order valence-corrected chi connectivity index (χ4v) is 2.24. The summed E-state index contributed by atoms with van der Waals surface area (Å²) < 4.78 is 11.5. The van der Waals surface area contributed by atoms with Gasteiger partial charge < -0.3 is 19.7 Å². The maximum Gasteiger partial charge on any atom is 0.111 e. The van der Waals surface area contributed by atoms with Gasteiger partial charge in [-0.2, -0.15) is 0 Å². The van der Waals surface area contributed by atoms with Crippen LogP contribution in [-0.2, 0) is 9.47 Å². The van der Waals surface area contributed by atoms with Gasteiger partial charge in [-0.1, -0.05) is 20.8 Å². The van der Waals surface area contributed by atoms with Gasteiger partial charge in [0.25, 0.3) is 0 Å². The Hall–Kier alpha value is -0.160. The Bertz CT molecular complexity index is 269. The number of hydrogen-bond donors (Lipinski definition) is 2. The molecule has 4 heteroatoms. The monoisotopic (exact) mass is 260 g/mol. The van der Waals surface area contributed by atoms with Crippen LogP contribution in [-0.4, -0.2) is 46.8 Å². The van der Waals surface area contributed by atoms with Crippen LogP contribution in [0, 0.1) is 5.41 Å². The topological polar surface area (TPSA) is 58.9 Å². The minimum Gasteiger partial charge on any atom is -0.388 e. The average molecular weight is 260 g/mol. The van der Waals surface area contributed by atoms with E-state index in [0.29, 0.717) is 6.61 Å². The number of aliphatic hydroxyl groups excluding tert-OH is 2. The molecule has 2 N–H and O–H groups in total. The van der Waals surface area contributed by atoms with Crippen molar-refractivity contribution < 1.29 is 19.7 Å². The van der Waals surface area contributed by atoms with Gasteiger partial charge in [0, 0.05) is 0 Å². The molecule has 1 heterocycles. The van der Waals surface area contributed by atoms with Crippen LogP contribution in [0.25, 0.3) is 0 Å². The highest BCUT2D eigenvalue weighted by Gasteiger charge is 2.46. The highest BCUT2D eigenvalue weighted by molar-refractivity contribution is 4.94. The zero-order valence-corrected chi connectivity index (χ0v) is 12.4. The third kappa shape index (κ3) is 3.67. The summed E-state index contributed by atoms with van der Waals surface area (Å²) in [6, 6.07) is 0. The summed E-state index contributed by atoms with van der Waals surface area (Å²) >= 11 is 0. The smallest absolute Gasteiger partial charge is 0.111 e. The first-order valence-corrected chi connectivity index (χ1v) is 6.74. The van der Waals surface area contributed by atoms with E-state index in [-0.39, 0.29) is 17.1 Å². The lowest BCUT2D eigenvalue weighted by atomic mass is 9.78. The molecule has 0 aromatic rings. The first-order chi connectivity index (χ1) is 8.08. The fraction of sp³-hybridized carbons (Fsp3) is 1.00. The molecule has 0 aliphatic carbocycles. The standard InChI is InChI=1S/C14H28O4/c1-7-14(5,6)12-11(16)10(15)9(8-17-12)18-13(2,3)4/h9-12,15-16H,7-8H2,1-6H3. The van der Waals surface area contributed by atoms with E-state index in [1.807, 2.05) is 34.6 Å². The van der Waals surface area contributed by atoms with Gasteiger partial charge in [-0.15, -0.1) is 0 Å². The molecule has 0 radical (unpaired) electrons. The summed E-state index contributed by atoms with van der Waals surface area (Å²) in [7, 11) is 0. The van der Waals surface area contributed by atoms with Crippen molar-refractivity contribution in [2.24, 2.45) is 5.41 Å². The first-order valence-electron chi connectivity index (χ1n) is 6.74. The van der Waals surface area contributed by atoms with Crippen LogP contribution in [0.15, 0.2) is 0 Å². The van der Waals surface area contributed by atoms with Gasteiger partial charge in [0.1, 0.15) is 18.3 Å². The molecule has 1 rings (SSSR count). The van der Waals surface area contributed by atoms with Crippen molar-refractivity contribution >= 4 is 0 Å². The van der Waals surface area contributed by atoms with Crippen molar-refractivity contribution in [3.8, 4) is 0 Å². The van der Waals surface area contributed by atoms with E-state index in [9.17, 15) is 10.2 Å². The van der Waals surface area contributed by atoms with Gasteiger partial charge in [0.2, 0.25) is 0 Å². The summed E-state index contributed by atoms with van der Waals surface area (Å²) in [6.07, 6.45) is -1.73. The molecular weight excluding hydrogens is 232 g/mol. The largest absolute Gasteiger partial charge is 0.388 e. The third-order valence-electron chi connectivity index (χ3n) is 3.67. The lowest BCUT2D eigenvalue weighted by molar-refractivity contribution is -0.243. The van der Waals surface area contributed by atoms with E-state index in [2.05, 4.69) is 6.92 Å². The van der Waals surface area contributed by atoms with Gasteiger partial charge in [0.05, 0.1) is 18.3 Å². The summed E-state index contributed by atoms with van der Waals surface area (Å²) in [4.78, 5) is 0. The molecule has 0 aromatic heterocycles. The summed E-state index contributed by atoms with van der Waals surface area (Å²) in [5.41, 5.74) is -0.519. The Morgan fingerprint density at radius 2 is 1.67 bits per heavy atom. The Labute approximate surface area is 110 Å². The zero-order valence-electron chi connectivity index (χ0n) is 12.4. The predicted octanol–water partition coefficient (Wildman–Crippen LogP) is 1.73. The van der Waals surface area contributed by atoms with Crippen molar-refractivity contribution in [3.05, 3.63) is 0 Å². The van der Waals surface area contributed by atoms with Gasteiger partial charge in [0.15, 0.2) is 0 Å². The fourth-order valence-electron chi connectivity index (χ4n) is 2.24. The first kappa shape index (κ1) is 15.9. The second kappa shape index (κ2) is 5.45. The molecule has 0 spiro atoms. The van der Waals surface area contributed by atoms with E-state index < -0.39 is 18.3 Å². The molecule has 0 bridgehead atoms. The van der Waals surface area contributed by atoms with E-state index in [4.69, 9.17) is 9.47 Å². The Morgan fingerprint density at radius 3 is 2.11 bits per heavy atom. The Balaban J connectivity index is 2.72. The number of rotatable bonds is 3. The lowest BCUT2D eigenvalue weighted by Gasteiger charge is -2.45. The normalized spacial score (nSPS) is 34.7. The van der Waals surface area contributed by atoms with Crippen LogP contribution in [0.3, 0.4) is 0 Å². The minimum absolute atomic E-state index is 0.160. The van der Waals surface area contributed by atoms with E-state index >= 15 is 0 Å². The molecule has 4 atom stereocenters. The molecule has 4 unspecified atom stereocenters. The maximum absolute atomic E-state index is 10.2. The highest BCUT2D eigenvalue weighted by atomic mass is 16.6.